The number of hydrogen-bond donors (Lipinski definition) is 5. The van der Waals surface area contributed by atoms with Gasteiger partial charge >= 0.3 is 0 Å². The largest absolute Gasteiger partial charge is 0.380 e. The molecular weight excluding hydrogens is 638 g/mol. The van der Waals surface area contributed by atoms with E-state index < -0.39 is 64.6 Å². The number of amides is 5. The number of nitrogens with one attached hydrogen (secondary N) is 4. The zero-order chi connectivity index (χ0) is 36.2. The van der Waals surface area contributed by atoms with Gasteiger partial charge in [0.1, 0.15) is 23.7 Å². The Morgan fingerprint density at radius 3 is 2.08 bits per heavy atom. The quantitative estimate of drug-likeness (QED) is 0.184. The normalized spacial score (nSPS) is 27.0. The number of carbonyl (C=O) groups excluding carboxylic acids is 6. The number of fused-ring (bicyclic) bond motifs is 1. The van der Waals surface area contributed by atoms with E-state index in [9.17, 15) is 33.9 Å². The number of likely N-dealkylation sites (tertiary alicyclic amines) is 1. The first-order chi connectivity index (χ1) is 23.7. The predicted octanol–water partition coefficient (Wildman–Crippen LogP) is 3.18. The van der Waals surface area contributed by atoms with Gasteiger partial charge in [0, 0.05) is 12.1 Å². The molecule has 12 nitrogen and oxygen atoms in total. The van der Waals surface area contributed by atoms with Crippen LogP contribution in [-0.2, 0) is 28.8 Å². The fraction of sp³-hybridized carbons (Fsp3) is 0.842. The van der Waals surface area contributed by atoms with Crippen LogP contribution in [-0.4, -0.2) is 87.2 Å². The molecule has 4 aliphatic carbocycles. The maximum Gasteiger partial charge on any atom is 0.289 e. The molecule has 0 radical (unpaired) electrons. The van der Waals surface area contributed by atoms with Crippen LogP contribution >= 0.6 is 0 Å². The first kappa shape index (κ1) is 38.2. The molecule has 5 fully saturated rings. The molecule has 0 spiro atoms. The Morgan fingerprint density at radius 2 is 1.46 bits per heavy atom. The van der Waals surface area contributed by atoms with Crippen molar-refractivity contribution in [2.45, 2.75) is 185 Å². The molecule has 280 valence electrons. The summed E-state index contributed by atoms with van der Waals surface area (Å²) in [6.07, 6.45) is 13.2. The van der Waals surface area contributed by atoms with Crippen molar-refractivity contribution < 1.29 is 33.9 Å². The van der Waals surface area contributed by atoms with Gasteiger partial charge in [-0.05, 0) is 94.3 Å². The van der Waals surface area contributed by atoms with Gasteiger partial charge in [-0.3, -0.25) is 28.8 Å². The summed E-state index contributed by atoms with van der Waals surface area (Å²) in [6, 6.07) is -3.90. The van der Waals surface area contributed by atoms with Crippen molar-refractivity contribution in [3.8, 4) is 0 Å². The molecule has 12 heteroatoms. The number of Topliss-reactive ketones (excluding diaryl/α,β-unsaturated/α-hetero) is 1. The number of ketones is 1. The third kappa shape index (κ3) is 8.88. The molecule has 1 heterocycles. The van der Waals surface area contributed by atoms with E-state index in [1.165, 1.54) is 0 Å². The number of aliphatic hydroxyl groups is 1. The lowest BCUT2D eigenvalue weighted by Gasteiger charge is -2.41. The van der Waals surface area contributed by atoms with Crippen LogP contribution in [0.2, 0.25) is 0 Å². The Bertz CT molecular complexity index is 1280. The lowest BCUT2D eigenvalue weighted by molar-refractivity contribution is -0.148. The summed E-state index contributed by atoms with van der Waals surface area (Å²) >= 11 is 0. The maximum absolute atomic E-state index is 14.8. The van der Waals surface area contributed by atoms with E-state index in [4.69, 9.17) is 0 Å². The van der Waals surface area contributed by atoms with Gasteiger partial charge in [0.05, 0.1) is 6.04 Å². The fourth-order valence-electron chi connectivity index (χ4n) is 8.84. The van der Waals surface area contributed by atoms with Crippen molar-refractivity contribution in [1.29, 1.82) is 0 Å². The summed E-state index contributed by atoms with van der Waals surface area (Å²) in [5, 5.41) is 22.6. The highest BCUT2D eigenvalue weighted by molar-refractivity contribution is 6.38. The zero-order valence-corrected chi connectivity index (χ0v) is 30.7. The van der Waals surface area contributed by atoms with Gasteiger partial charge in [-0.1, -0.05) is 66.2 Å². The summed E-state index contributed by atoms with van der Waals surface area (Å²) in [7, 11) is 0. The highest BCUT2D eigenvalue weighted by Crippen LogP contribution is 2.41. The second-order valence-electron chi connectivity index (χ2n) is 17.0. The van der Waals surface area contributed by atoms with E-state index >= 15 is 0 Å². The zero-order valence-electron chi connectivity index (χ0n) is 30.7. The highest BCUT2D eigenvalue weighted by atomic mass is 16.3. The van der Waals surface area contributed by atoms with E-state index in [1.807, 2.05) is 27.7 Å². The molecule has 5 aliphatic rings. The average Bonchev–Trinajstić information content (AvgIpc) is 3.64. The summed E-state index contributed by atoms with van der Waals surface area (Å²) in [6.45, 7) is 7.52. The topological polar surface area (TPSA) is 174 Å². The third-order valence-electron chi connectivity index (χ3n) is 11.9. The van der Waals surface area contributed by atoms with Crippen LogP contribution in [0.3, 0.4) is 0 Å². The minimum atomic E-state index is -1.49. The summed E-state index contributed by atoms with van der Waals surface area (Å²) in [4.78, 5) is 84.1. The van der Waals surface area contributed by atoms with E-state index in [0.29, 0.717) is 32.1 Å². The van der Waals surface area contributed by atoms with E-state index in [0.717, 1.165) is 83.5 Å². The molecule has 5 N–H and O–H groups in total. The maximum atomic E-state index is 14.8. The van der Waals surface area contributed by atoms with Crippen molar-refractivity contribution in [1.82, 2.24) is 26.2 Å². The summed E-state index contributed by atoms with van der Waals surface area (Å²) in [5.41, 5.74) is -2.24. The second-order valence-corrected chi connectivity index (χ2v) is 17.0. The van der Waals surface area contributed by atoms with Gasteiger partial charge in [-0.25, -0.2) is 0 Å². The Labute approximate surface area is 297 Å². The lowest BCUT2D eigenvalue weighted by atomic mass is 9.81. The van der Waals surface area contributed by atoms with Gasteiger partial charge in [0.2, 0.25) is 23.5 Å². The smallest absolute Gasteiger partial charge is 0.289 e. The molecule has 5 rings (SSSR count). The van der Waals surface area contributed by atoms with E-state index in [2.05, 4.69) is 21.3 Å². The molecule has 1 saturated heterocycles. The van der Waals surface area contributed by atoms with Crippen molar-refractivity contribution in [3.63, 3.8) is 0 Å². The molecule has 0 aromatic heterocycles. The minimum Gasteiger partial charge on any atom is -0.380 e. The first-order valence-electron chi connectivity index (χ1n) is 19.5. The number of hydrogen-bond acceptors (Lipinski definition) is 7. The van der Waals surface area contributed by atoms with Crippen molar-refractivity contribution in [3.05, 3.63) is 0 Å². The number of nitrogens with zero attached hydrogens (tertiary/aromatic N) is 1. The number of rotatable bonds is 13. The van der Waals surface area contributed by atoms with Crippen molar-refractivity contribution >= 4 is 35.3 Å². The molecule has 5 amide bonds. The minimum absolute atomic E-state index is 0.0125. The molecule has 0 aromatic carbocycles. The third-order valence-corrected chi connectivity index (χ3v) is 11.9. The lowest BCUT2D eigenvalue weighted by Crippen LogP contribution is -2.64. The van der Waals surface area contributed by atoms with Gasteiger partial charge in [-0.15, -0.1) is 0 Å². The summed E-state index contributed by atoms with van der Waals surface area (Å²) in [5.74, 6) is -3.14. The van der Waals surface area contributed by atoms with Crippen LogP contribution in [0.25, 0.3) is 0 Å². The van der Waals surface area contributed by atoms with Crippen molar-refractivity contribution in [2.75, 3.05) is 0 Å². The SMILES string of the molecule is CCC[C@H](NC(=O)[C@@H]1CC2CCCCC2N1C(=O)[C@@H](NC(=O)[C@@H](NC(=O)C1(O)CCCC1)C1CCCCC1)C(C)(C)C)C(=O)C(=O)NC1CC1. The van der Waals surface area contributed by atoms with Crippen LogP contribution < -0.4 is 21.3 Å². The molecule has 6 atom stereocenters. The predicted molar refractivity (Wildman–Crippen MR) is 187 cm³/mol. The van der Waals surface area contributed by atoms with Crippen LogP contribution in [0.15, 0.2) is 0 Å². The van der Waals surface area contributed by atoms with E-state index in [-0.39, 0.29) is 29.8 Å². The Kier molecular flexibility index (Phi) is 12.3. The molecule has 1 aliphatic heterocycles. The van der Waals surface area contributed by atoms with Gasteiger partial charge in [-0.2, -0.15) is 0 Å². The molecule has 0 aromatic rings. The Hall–Kier alpha value is -3.02. The average molecular weight is 700 g/mol. The highest BCUT2D eigenvalue weighted by Gasteiger charge is 2.52. The molecular formula is C38H61N5O7. The standard InChI is InChI=1S/C38H61N5O7/c1-5-13-26(30(44)34(47)39-25-18-19-25)40-32(45)28-22-24-16-9-10-17-27(24)43(28)35(48)31(37(2,3)4)42-33(46)29(23-14-7-6-8-15-23)41-36(49)38(50)20-11-12-21-38/h23-29,31,50H,5-22H2,1-4H3,(H,39,47)(H,40,45)(H,41,49)(H,42,46)/t24?,26-,27?,28-,29-,31+/m0/s1. The van der Waals surface area contributed by atoms with Crippen LogP contribution in [0.1, 0.15) is 143 Å². The number of carbonyl (C=O) groups is 6. The summed E-state index contributed by atoms with van der Waals surface area (Å²) < 4.78 is 0. The fourth-order valence-corrected chi connectivity index (χ4v) is 8.84. The molecule has 4 saturated carbocycles. The van der Waals surface area contributed by atoms with Crippen molar-refractivity contribution in [2.24, 2.45) is 17.3 Å². The van der Waals surface area contributed by atoms with Crippen LogP contribution in [0, 0.1) is 17.3 Å². The first-order valence-corrected chi connectivity index (χ1v) is 19.5. The molecule has 2 unspecified atom stereocenters. The van der Waals surface area contributed by atoms with Crippen LogP contribution in [0.5, 0.6) is 0 Å². The van der Waals surface area contributed by atoms with Crippen LogP contribution in [0.4, 0.5) is 0 Å². The Balaban J connectivity index is 1.37. The van der Waals surface area contributed by atoms with Gasteiger partial charge in [0.25, 0.3) is 11.8 Å². The molecule has 50 heavy (non-hydrogen) atoms. The monoisotopic (exact) mass is 699 g/mol. The molecule has 0 bridgehead atoms. The van der Waals surface area contributed by atoms with Gasteiger partial charge in [0.15, 0.2) is 0 Å². The van der Waals surface area contributed by atoms with E-state index in [1.54, 1.807) is 4.90 Å². The Morgan fingerprint density at radius 1 is 0.820 bits per heavy atom. The van der Waals surface area contributed by atoms with Gasteiger partial charge < -0.3 is 31.3 Å². The second kappa shape index (κ2) is 16.1.